The smallest absolute Gasteiger partial charge is 0.169 e. The number of phenolic OH excluding ortho intramolecular Hbond substituents is 1. The van der Waals surface area contributed by atoms with Crippen molar-refractivity contribution in [3.8, 4) is 5.75 Å². The third kappa shape index (κ3) is 1.86. The van der Waals surface area contributed by atoms with Crippen LogP contribution in [-0.4, -0.2) is 20.3 Å². The van der Waals surface area contributed by atoms with Crippen LogP contribution >= 0.6 is 0 Å². The Hall–Kier alpha value is -2.83. The fourth-order valence-electron chi connectivity index (χ4n) is 2.94. The van der Waals surface area contributed by atoms with Crippen molar-refractivity contribution in [2.24, 2.45) is 0 Å². The van der Waals surface area contributed by atoms with Crippen molar-refractivity contribution in [3.63, 3.8) is 0 Å². The van der Waals surface area contributed by atoms with E-state index in [9.17, 15) is 9.50 Å². The monoisotopic (exact) mass is 299 g/mol. The molecule has 0 spiro atoms. The normalized spacial score (nSPS) is 13.5. The van der Waals surface area contributed by atoms with Crippen LogP contribution in [0.3, 0.4) is 0 Å². The number of H-pyrrole nitrogens is 1. The van der Waals surface area contributed by atoms with Crippen LogP contribution in [0, 0.1) is 5.82 Å². The first-order valence-electron chi connectivity index (χ1n) is 7.04. The zero-order valence-electron chi connectivity index (χ0n) is 11.7. The van der Waals surface area contributed by atoms with Gasteiger partial charge in [0.15, 0.2) is 23.1 Å². The molecule has 1 aliphatic carbocycles. The van der Waals surface area contributed by atoms with E-state index in [0.717, 1.165) is 24.8 Å². The Kier molecular flexibility index (Phi) is 2.69. The molecule has 1 aromatic carbocycles. The highest BCUT2D eigenvalue weighted by molar-refractivity contribution is 5.87. The van der Waals surface area contributed by atoms with E-state index in [1.807, 2.05) is 6.07 Å². The minimum Gasteiger partial charge on any atom is -0.506 e. The Morgan fingerprint density at radius 1 is 1.32 bits per heavy atom. The number of hydrogen-bond donors (Lipinski definition) is 4. The number of aromatic nitrogens is 3. The predicted molar refractivity (Wildman–Crippen MR) is 81.7 cm³/mol. The molecule has 0 radical (unpaired) electrons. The summed E-state index contributed by atoms with van der Waals surface area (Å²) < 4.78 is 14.2. The minimum absolute atomic E-state index is 0.0340. The third-order valence-corrected chi connectivity index (χ3v) is 4.04. The van der Waals surface area contributed by atoms with Crippen LogP contribution in [0.15, 0.2) is 18.2 Å². The predicted octanol–water partition coefficient (Wildman–Crippen LogP) is 2.62. The Labute approximate surface area is 125 Å². The number of aromatic amines is 1. The van der Waals surface area contributed by atoms with Gasteiger partial charge in [0, 0.05) is 0 Å². The molecule has 1 aliphatic rings. The number of halogens is 1. The van der Waals surface area contributed by atoms with Gasteiger partial charge in [-0.3, -0.25) is 5.10 Å². The van der Waals surface area contributed by atoms with Crippen LogP contribution in [0.2, 0.25) is 0 Å². The van der Waals surface area contributed by atoms with Crippen molar-refractivity contribution in [2.75, 3.05) is 11.1 Å². The topological polar surface area (TPSA) is 99.9 Å². The van der Waals surface area contributed by atoms with Gasteiger partial charge in [0.05, 0.1) is 11.1 Å². The lowest BCUT2D eigenvalue weighted by atomic mass is 10.1. The highest BCUT2D eigenvalue weighted by Crippen LogP contribution is 2.38. The molecule has 0 fully saturated rings. The van der Waals surface area contributed by atoms with E-state index in [0.29, 0.717) is 16.7 Å². The Morgan fingerprint density at radius 2 is 2.18 bits per heavy atom. The molecular formula is C15H14FN5O. The lowest BCUT2D eigenvalue weighted by molar-refractivity contribution is 0.477. The van der Waals surface area contributed by atoms with Crippen LogP contribution in [0.1, 0.15) is 17.5 Å². The van der Waals surface area contributed by atoms with Gasteiger partial charge in [-0.25, -0.2) is 9.37 Å². The summed E-state index contributed by atoms with van der Waals surface area (Å²) in [5, 5.41) is 19.9. The van der Waals surface area contributed by atoms with Crippen LogP contribution in [0.25, 0.3) is 11.0 Å². The maximum atomic E-state index is 14.2. The number of pyridine rings is 1. The van der Waals surface area contributed by atoms with E-state index in [1.165, 1.54) is 11.6 Å². The summed E-state index contributed by atoms with van der Waals surface area (Å²) in [5.41, 5.74) is 8.75. The summed E-state index contributed by atoms with van der Waals surface area (Å²) in [6, 6.07) is 4.81. The molecule has 0 unspecified atom stereocenters. The Balaban J connectivity index is 1.81. The van der Waals surface area contributed by atoms with Gasteiger partial charge >= 0.3 is 0 Å². The number of hydrogen-bond acceptors (Lipinski definition) is 5. The molecule has 2 aromatic heterocycles. The molecule has 0 saturated carbocycles. The largest absolute Gasteiger partial charge is 0.506 e. The maximum Gasteiger partial charge on any atom is 0.169 e. The van der Waals surface area contributed by atoms with Gasteiger partial charge in [-0.15, -0.1) is 0 Å². The van der Waals surface area contributed by atoms with E-state index in [4.69, 9.17) is 5.73 Å². The van der Waals surface area contributed by atoms with Crippen molar-refractivity contribution in [2.45, 2.75) is 19.3 Å². The highest BCUT2D eigenvalue weighted by atomic mass is 19.1. The molecule has 0 atom stereocenters. The van der Waals surface area contributed by atoms with Gasteiger partial charge in [0.25, 0.3) is 0 Å². The highest BCUT2D eigenvalue weighted by Gasteiger charge is 2.20. The van der Waals surface area contributed by atoms with Crippen LogP contribution < -0.4 is 11.1 Å². The molecule has 0 saturated heterocycles. The minimum atomic E-state index is -0.546. The fourth-order valence-corrected chi connectivity index (χ4v) is 2.94. The van der Waals surface area contributed by atoms with Gasteiger partial charge in [-0.2, -0.15) is 5.10 Å². The second-order valence-corrected chi connectivity index (χ2v) is 5.40. The van der Waals surface area contributed by atoms with Crippen molar-refractivity contribution < 1.29 is 9.50 Å². The van der Waals surface area contributed by atoms with Crippen LogP contribution in [0.4, 0.5) is 21.7 Å². The first-order valence-corrected chi connectivity index (χ1v) is 7.04. The summed E-state index contributed by atoms with van der Waals surface area (Å²) in [4.78, 5) is 4.16. The molecule has 5 N–H and O–H groups in total. The number of nitrogens with one attached hydrogen (secondary N) is 2. The molecule has 0 aliphatic heterocycles. The quantitative estimate of drug-likeness (QED) is 0.545. The average Bonchev–Trinajstić information content (AvgIpc) is 3.10. The number of phenols is 1. The molecule has 112 valence electrons. The number of nitrogens with zero attached hydrogens (tertiary/aromatic N) is 2. The van der Waals surface area contributed by atoms with Crippen LogP contribution in [0.5, 0.6) is 5.75 Å². The van der Waals surface area contributed by atoms with E-state index in [1.54, 1.807) is 6.07 Å². The van der Waals surface area contributed by atoms with Crippen molar-refractivity contribution in [1.82, 2.24) is 15.2 Å². The average molecular weight is 299 g/mol. The maximum absolute atomic E-state index is 14.2. The number of aryl methyl sites for hydroxylation is 1. The summed E-state index contributed by atoms with van der Waals surface area (Å²) in [6.45, 7) is 0. The SMILES string of the molecule is Nc1n[nH]c2nc(Nc3c(O)ccc4c3CCC4)c(F)cc12. The number of rotatable bonds is 2. The Bertz CT molecular complexity index is 889. The van der Waals surface area contributed by atoms with Gasteiger partial charge in [-0.1, -0.05) is 6.07 Å². The van der Waals surface area contributed by atoms with Gasteiger partial charge in [0.2, 0.25) is 0 Å². The molecule has 6 nitrogen and oxygen atoms in total. The lowest BCUT2D eigenvalue weighted by Crippen LogP contribution is -2.01. The van der Waals surface area contributed by atoms with Crippen molar-refractivity contribution in [1.29, 1.82) is 0 Å². The molecule has 0 bridgehead atoms. The van der Waals surface area contributed by atoms with Crippen LogP contribution in [-0.2, 0) is 12.8 Å². The molecule has 4 rings (SSSR count). The lowest BCUT2D eigenvalue weighted by Gasteiger charge is -2.13. The van der Waals surface area contributed by atoms with E-state index < -0.39 is 5.82 Å². The molecule has 7 heteroatoms. The summed E-state index contributed by atoms with van der Waals surface area (Å²) in [7, 11) is 0. The molecule has 0 amide bonds. The number of anilines is 3. The summed E-state index contributed by atoms with van der Waals surface area (Å²) in [6.07, 6.45) is 2.85. The first-order chi connectivity index (χ1) is 10.6. The number of benzene rings is 1. The van der Waals surface area contributed by atoms with Gasteiger partial charge < -0.3 is 16.2 Å². The van der Waals surface area contributed by atoms with Gasteiger partial charge in [0.1, 0.15) is 5.75 Å². The summed E-state index contributed by atoms with van der Waals surface area (Å²) >= 11 is 0. The first kappa shape index (κ1) is 12.9. The molecular weight excluding hydrogens is 285 g/mol. The second-order valence-electron chi connectivity index (χ2n) is 5.40. The zero-order chi connectivity index (χ0) is 15.3. The number of nitrogens with two attached hydrogens (primary N) is 1. The van der Waals surface area contributed by atoms with E-state index in [-0.39, 0.29) is 17.4 Å². The van der Waals surface area contributed by atoms with Gasteiger partial charge in [-0.05, 0) is 42.5 Å². The summed E-state index contributed by atoms with van der Waals surface area (Å²) in [5.74, 6) is -0.218. The Morgan fingerprint density at radius 3 is 3.05 bits per heavy atom. The second kappa shape index (κ2) is 4.59. The zero-order valence-corrected chi connectivity index (χ0v) is 11.7. The number of aromatic hydroxyl groups is 1. The number of fused-ring (bicyclic) bond motifs is 2. The standard InChI is InChI=1S/C15H14FN5O/c16-10-6-9-13(17)20-21-14(9)19-15(10)18-12-8-3-1-2-7(8)4-5-11(12)22/h4-6,22H,1-3H2,(H4,17,18,19,20,21). The number of nitrogen functional groups attached to an aromatic ring is 1. The molecule has 2 heterocycles. The van der Waals surface area contributed by atoms with Crippen molar-refractivity contribution >= 4 is 28.4 Å². The van der Waals surface area contributed by atoms with E-state index in [2.05, 4.69) is 20.5 Å². The fraction of sp³-hybridized carbons (Fsp3) is 0.200. The van der Waals surface area contributed by atoms with E-state index >= 15 is 0 Å². The molecule has 3 aromatic rings. The molecule has 22 heavy (non-hydrogen) atoms. The third-order valence-electron chi connectivity index (χ3n) is 4.04. The van der Waals surface area contributed by atoms with Crippen molar-refractivity contribution in [3.05, 3.63) is 35.1 Å².